The SMILES string of the molecule is CCCCCCCCCCCCCCCC(=O)N1CCN(C(=O)CCCCCCCCCCCCCCC)CC(C(=O)Oc2c(F)c(F)cc(F)c2F)C1. The van der Waals surface area contributed by atoms with Gasteiger partial charge in [-0.05, 0) is 12.8 Å². The van der Waals surface area contributed by atoms with Gasteiger partial charge in [0, 0.05) is 45.1 Å². The van der Waals surface area contributed by atoms with Crippen molar-refractivity contribution in [1.29, 1.82) is 0 Å². The second kappa shape index (κ2) is 29.6. The number of carbonyl (C=O) groups is 3. The number of amides is 2. The van der Waals surface area contributed by atoms with Gasteiger partial charge < -0.3 is 14.5 Å². The van der Waals surface area contributed by atoms with Crippen LogP contribution in [0.3, 0.4) is 0 Å². The van der Waals surface area contributed by atoms with Crippen molar-refractivity contribution < 1.29 is 36.7 Å². The Kier molecular flexibility index (Phi) is 26.0. The maximum absolute atomic E-state index is 14.4. The Labute approximate surface area is 324 Å². The molecule has 1 aliphatic heterocycles. The molecule has 0 bridgehead atoms. The Hall–Kier alpha value is -2.65. The number of carbonyl (C=O) groups excluding carboxylic acids is 3. The zero-order chi connectivity index (χ0) is 39.4. The molecule has 6 nitrogen and oxygen atoms in total. The average Bonchev–Trinajstić information content (AvgIpc) is 3.40. The summed E-state index contributed by atoms with van der Waals surface area (Å²) >= 11 is 0. The van der Waals surface area contributed by atoms with Crippen molar-refractivity contribution in [2.24, 2.45) is 5.92 Å². The van der Waals surface area contributed by atoms with Crippen molar-refractivity contribution in [3.05, 3.63) is 29.3 Å². The molecular formula is C44H72F4N2O4. The normalized spacial score (nSPS) is 13.7. The molecular weight excluding hydrogens is 696 g/mol. The van der Waals surface area contributed by atoms with Crippen molar-refractivity contribution in [3.63, 3.8) is 0 Å². The molecule has 0 N–H and O–H groups in total. The summed E-state index contributed by atoms with van der Waals surface area (Å²) in [4.78, 5) is 42.9. The highest BCUT2D eigenvalue weighted by atomic mass is 19.2. The lowest BCUT2D eigenvalue weighted by Crippen LogP contribution is -2.40. The molecule has 310 valence electrons. The van der Waals surface area contributed by atoms with Crippen molar-refractivity contribution in [3.8, 4) is 5.75 Å². The molecule has 2 amide bonds. The van der Waals surface area contributed by atoms with Gasteiger partial charge in [-0.3, -0.25) is 14.4 Å². The van der Waals surface area contributed by atoms with Gasteiger partial charge >= 0.3 is 5.97 Å². The van der Waals surface area contributed by atoms with E-state index in [0.717, 1.165) is 38.5 Å². The third-order valence-electron chi connectivity index (χ3n) is 10.8. The predicted octanol–water partition coefficient (Wildman–Crippen LogP) is 12.4. The van der Waals surface area contributed by atoms with Crippen LogP contribution in [-0.4, -0.2) is 53.8 Å². The van der Waals surface area contributed by atoms with Gasteiger partial charge in [0.25, 0.3) is 0 Å². The highest BCUT2D eigenvalue weighted by molar-refractivity contribution is 5.81. The van der Waals surface area contributed by atoms with Crippen LogP contribution in [0, 0.1) is 29.2 Å². The molecule has 1 heterocycles. The third-order valence-corrected chi connectivity index (χ3v) is 10.8. The molecule has 0 aliphatic carbocycles. The van der Waals surface area contributed by atoms with Crippen LogP contribution in [-0.2, 0) is 14.4 Å². The summed E-state index contributed by atoms with van der Waals surface area (Å²) in [5.74, 6) is -11.1. The minimum Gasteiger partial charge on any atom is -0.420 e. The quantitative estimate of drug-likeness (QED) is 0.0257. The zero-order valence-electron chi connectivity index (χ0n) is 33.8. The summed E-state index contributed by atoms with van der Waals surface area (Å²) in [6.07, 6.45) is 31.3. The van der Waals surface area contributed by atoms with Crippen LogP contribution in [0.2, 0.25) is 0 Å². The molecule has 1 aromatic rings. The number of esters is 1. The summed E-state index contributed by atoms with van der Waals surface area (Å²) < 4.78 is 61.4. The first-order valence-corrected chi connectivity index (χ1v) is 21.8. The Morgan fingerprint density at radius 2 is 0.815 bits per heavy atom. The van der Waals surface area contributed by atoms with E-state index in [2.05, 4.69) is 13.8 Å². The molecule has 2 rings (SSSR count). The van der Waals surface area contributed by atoms with Gasteiger partial charge in [0.1, 0.15) is 0 Å². The van der Waals surface area contributed by atoms with Gasteiger partial charge in [-0.1, -0.05) is 168 Å². The van der Waals surface area contributed by atoms with Crippen molar-refractivity contribution in [2.45, 2.75) is 194 Å². The molecule has 1 saturated heterocycles. The summed E-state index contributed by atoms with van der Waals surface area (Å²) in [5, 5.41) is 0. The summed E-state index contributed by atoms with van der Waals surface area (Å²) in [6.45, 7) is 4.63. The van der Waals surface area contributed by atoms with Crippen LogP contribution in [0.25, 0.3) is 0 Å². The zero-order valence-corrected chi connectivity index (χ0v) is 33.8. The summed E-state index contributed by atoms with van der Waals surface area (Å²) in [6, 6.07) is 0.0431. The van der Waals surface area contributed by atoms with Gasteiger partial charge in [-0.15, -0.1) is 0 Å². The van der Waals surface area contributed by atoms with Crippen LogP contribution in [0.4, 0.5) is 17.6 Å². The molecule has 0 aromatic heterocycles. The molecule has 0 atom stereocenters. The van der Waals surface area contributed by atoms with Crippen molar-refractivity contribution in [1.82, 2.24) is 9.80 Å². The van der Waals surface area contributed by atoms with E-state index in [1.807, 2.05) is 0 Å². The lowest BCUT2D eigenvalue weighted by atomic mass is 10.0. The molecule has 0 saturated carbocycles. The number of nitrogens with zero attached hydrogens (tertiary/aromatic N) is 2. The average molecular weight is 769 g/mol. The Balaban J connectivity index is 1.83. The lowest BCUT2D eigenvalue weighted by molar-refractivity contribution is -0.142. The Morgan fingerprint density at radius 3 is 1.13 bits per heavy atom. The maximum atomic E-state index is 14.4. The van der Waals surface area contributed by atoms with E-state index in [1.165, 1.54) is 125 Å². The Bertz CT molecular complexity index is 1120. The summed E-state index contributed by atoms with van der Waals surface area (Å²) in [5.41, 5.74) is 0. The highest BCUT2D eigenvalue weighted by Crippen LogP contribution is 2.28. The molecule has 1 aliphatic rings. The van der Waals surface area contributed by atoms with Crippen LogP contribution < -0.4 is 4.74 Å². The van der Waals surface area contributed by atoms with Crippen LogP contribution in [0.15, 0.2) is 6.07 Å². The van der Waals surface area contributed by atoms with Crippen LogP contribution in [0.5, 0.6) is 5.75 Å². The second-order valence-electron chi connectivity index (χ2n) is 15.6. The number of rotatable bonds is 30. The van der Waals surface area contributed by atoms with E-state index < -0.39 is 40.9 Å². The minimum atomic E-state index is -1.82. The number of ether oxygens (including phenoxy) is 1. The first-order valence-electron chi connectivity index (χ1n) is 21.8. The van der Waals surface area contributed by atoms with Gasteiger partial charge in [0.15, 0.2) is 11.6 Å². The van der Waals surface area contributed by atoms with Gasteiger partial charge in [-0.25, -0.2) is 8.78 Å². The molecule has 10 heteroatoms. The van der Waals surface area contributed by atoms with E-state index in [-0.39, 0.29) is 56.9 Å². The molecule has 0 unspecified atom stereocenters. The fraction of sp³-hybridized carbons (Fsp3) is 0.795. The fourth-order valence-electron chi connectivity index (χ4n) is 7.34. The number of halogens is 4. The fourth-order valence-corrected chi connectivity index (χ4v) is 7.34. The molecule has 1 aromatic carbocycles. The van der Waals surface area contributed by atoms with E-state index in [9.17, 15) is 31.9 Å². The monoisotopic (exact) mass is 769 g/mol. The lowest BCUT2D eigenvalue weighted by Gasteiger charge is -2.23. The minimum absolute atomic E-state index is 0.0431. The number of benzene rings is 1. The maximum Gasteiger partial charge on any atom is 0.318 e. The highest BCUT2D eigenvalue weighted by Gasteiger charge is 2.34. The van der Waals surface area contributed by atoms with Gasteiger partial charge in [-0.2, -0.15) is 8.78 Å². The van der Waals surface area contributed by atoms with E-state index in [0.29, 0.717) is 12.8 Å². The number of hydrogen-bond donors (Lipinski definition) is 0. The van der Waals surface area contributed by atoms with E-state index >= 15 is 0 Å². The predicted molar refractivity (Wildman–Crippen MR) is 209 cm³/mol. The first kappa shape index (κ1) is 47.5. The third kappa shape index (κ3) is 19.8. The molecule has 54 heavy (non-hydrogen) atoms. The largest absolute Gasteiger partial charge is 0.420 e. The molecule has 1 fully saturated rings. The number of hydrogen-bond acceptors (Lipinski definition) is 4. The Morgan fingerprint density at radius 1 is 0.519 bits per heavy atom. The molecule has 0 spiro atoms. The van der Waals surface area contributed by atoms with Crippen LogP contribution in [0.1, 0.15) is 194 Å². The summed E-state index contributed by atoms with van der Waals surface area (Å²) in [7, 11) is 0. The van der Waals surface area contributed by atoms with Crippen LogP contribution >= 0.6 is 0 Å². The first-order chi connectivity index (χ1) is 26.2. The smallest absolute Gasteiger partial charge is 0.318 e. The second-order valence-corrected chi connectivity index (χ2v) is 15.6. The van der Waals surface area contributed by atoms with E-state index in [1.54, 1.807) is 0 Å². The van der Waals surface area contributed by atoms with Crippen molar-refractivity contribution >= 4 is 17.8 Å². The topological polar surface area (TPSA) is 66.9 Å². The van der Waals surface area contributed by atoms with Crippen molar-refractivity contribution in [2.75, 3.05) is 26.2 Å². The van der Waals surface area contributed by atoms with E-state index in [4.69, 9.17) is 4.74 Å². The van der Waals surface area contributed by atoms with Gasteiger partial charge in [0.05, 0.1) is 5.92 Å². The molecule has 0 radical (unpaired) electrons. The standard InChI is InChI=1S/C44H72F4N2O4/c1-3-5-7-9-11-13-15-17-19-21-23-25-27-29-39(51)49-31-32-50(40(52)30-28-26-24-22-20-18-16-14-12-10-8-6-4-2)35-36(34-49)44(53)54-43-41(47)37(45)33-38(46)42(43)48/h33,36H,3-32,34-35H2,1-2H3. The number of unbranched alkanes of at least 4 members (excludes halogenated alkanes) is 24. The van der Waals surface area contributed by atoms with Gasteiger partial charge in [0.2, 0.25) is 29.2 Å².